The summed E-state index contributed by atoms with van der Waals surface area (Å²) in [7, 11) is 1.50. The lowest BCUT2D eigenvalue weighted by atomic mass is 10.1. The van der Waals surface area contributed by atoms with Gasteiger partial charge in [0, 0.05) is 11.8 Å². The van der Waals surface area contributed by atoms with Crippen molar-refractivity contribution >= 4 is 17.9 Å². The average Bonchev–Trinajstić information content (AvgIpc) is 3.19. The first-order chi connectivity index (χ1) is 14.8. The summed E-state index contributed by atoms with van der Waals surface area (Å²) in [5, 5.41) is 6.29. The van der Waals surface area contributed by atoms with Gasteiger partial charge in [0.2, 0.25) is 0 Å². The average molecular weight is 426 g/mol. The van der Waals surface area contributed by atoms with Crippen molar-refractivity contribution in [2.75, 3.05) is 7.11 Å². The lowest BCUT2D eigenvalue weighted by molar-refractivity contribution is -0.127. The van der Waals surface area contributed by atoms with Gasteiger partial charge in [0.25, 0.3) is 5.91 Å². The van der Waals surface area contributed by atoms with Gasteiger partial charge in [0.15, 0.2) is 6.10 Å². The third-order valence-corrected chi connectivity index (χ3v) is 4.27. The van der Waals surface area contributed by atoms with Crippen LogP contribution >= 0.6 is 0 Å². The van der Waals surface area contributed by atoms with Gasteiger partial charge in [-0.1, -0.05) is 12.1 Å². The number of esters is 1. The van der Waals surface area contributed by atoms with E-state index in [-0.39, 0.29) is 11.3 Å². The first-order valence-electron chi connectivity index (χ1n) is 9.10. The second kappa shape index (κ2) is 9.08. The lowest BCUT2D eigenvalue weighted by Crippen LogP contribution is -2.42. The van der Waals surface area contributed by atoms with Gasteiger partial charge in [0.1, 0.15) is 22.8 Å². The number of benzene rings is 2. The Balaban J connectivity index is 2.00. The highest BCUT2D eigenvalue weighted by Crippen LogP contribution is 2.27. The number of nitrogens with zero attached hydrogens (tertiary/aromatic N) is 2. The molecule has 0 fully saturated rings. The third-order valence-electron chi connectivity index (χ3n) is 4.27. The van der Waals surface area contributed by atoms with Crippen LogP contribution < -0.4 is 15.8 Å². The molecule has 0 radical (unpaired) electrons. The smallest absolute Gasteiger partial charge is 0.342 e. The van der Waals surface area contributed by atoms with Crippen LogP contribution in [0.3, 0.4) is 0 Å². The molecule has 0 saturated heterocycles. The fourth-order valence-electron chi connectivity index (χ4n) is 2.73. The summed E-state index contributed by atoms with van der Waals surface area (Å²) in [4.78, 5) is 35.5. The Hall–Kier alpha value is -4.21. The number of urea groups is 1. The summed E-state index contributed by atoms with van der Waals surface area (Å²) in [5.74, 6) is -1.59. The van der Waals surface area contributed by atoms with Gasteiger partial charge in [-0.25, -0.2) is 18.7 Å². The second-order valence-electron chi connectivity index (χ2n) is 6.45. The molecular weight excluding hydrogens is 407 g/mol. The molecule has 0 unspecified atom stereocenters. The molecule has 0 aliphatic heterocycles. The molecule has 1 heterocycles. The van der Waals surface area contributed by atoms with Crippen molar-refractivity contribution in [2.24, 2.45) is 5.73 Å². The number of nitrogens with two attached hydrogens (primary N) is 1. The molecule has 2 aromatic carbocycles. The van der Waals surface area contributed by atoms with E-state index in [0.717, 1.165) is 0 Å². The van der Waals surface area contributed by atoms with Crippen LogP contribution in [0, 0.1) is 5.82 Å². The highest BCUT2D eigenvalue weighted by molar-refractivity contribution is 6.00. The number of methoxy groups -OCH3 is 1. The molecule has 9 nitrogen and oxygen atoms in total. The van der Waals surface area contributed by atoms with Gasteiger partial charge in [-0.05, 0) is 43.3 Å². The number of hydrogen-bond donors (Lipinski definition) is 2. The lowest BCUT2D eigenvalue weighted by Gasteiger charge is -2.12. The van der Waals surface area contributed by atoms with Crippen molar-refractivity contribution in [3.63, 3.8) is 0 Å². The Morgan fingerprint density at radius 3 is 2.52 bits per heavy atom. The van der Waals surface area contributed by atoms with E-state index in [9.17, 15) is 18.8 Å². The molecule has 0 saturated carbocycles. The summed E-state index contributed by atoms with van der Waals surface area (Å²) in [6, 6.07) is 11.3. The van der Waals surface area contributed by atoms with Crippen molar-refractivity contribution in [1.82, 2.24) is 15.1 Å². The van der Waals surface area contributed by atoms with E-state index in [4.69, 9.17) is 15.2 Å². The number of ether oxygens (including phenoxy) is 2. The van der Waals surface area contributed by atoms with Crippen molar-refractivity contribution in [3.05, 3.63) is 66.1 Å². The van der Waals surface area contributed by atoms with Crippen LogP contribution in [0.5, 0.6) is 5.75 Å². The molecule has 3 aromatic rings. The summed E-state index contributed by atoms with van der Waals surface area (Å²) >= 11 is 0. The molecule has 1 atom stereocenters. The fourth-order valence-corrected chi connectivity index (χ4v) is 2.73. The molecule has 3 N–H and O–H groups in total. The van der Waals surface area contributed by atoms with Crippen molar-refractivity contribution in [2.45, 2.75) is 13.0 Å². The predicted octanol–water partition coefficient (Wildman–Crippen LogP) is 2.43. The van der Waals surface area contributed by atoms with Crippen molar-refractivity contribution in [3.8, 4) is 22.7 Å². The quantitative estimate of drug-likeness (QED) is 0.583. The van der Waals surface area contributed by atoms with E-state index in [1.54, 1.807) is 24.3 Å². The Morgan fingerprint density at radius 1 is 1.16 bits per heavy atom. The van der Waals surface area contributed by atoms with Crippen LogP contribution in [-0.2, 0) is 9.53 Å². The largest absolute Gasteiger partial charge is 0.497 e. The normalized spacial score (nSPS) is 11.5. The number of imide groups is 1. The Morgan fingerprint density at radius 2 is 1.87 bits per heavy atom. The zero-order chi connectivity index (χ0) is 22.5. The SMILES string of the molecule is COc1cccc(-c2nn(-c3ccc(F)cc3)cc2C(=O)O[C@@H](C)C(=O)NC(N)=O)c1. The number of nitrogens with one attached hydrogen (secondary N) is 1. The topological polar surface area (TPSA) is 126 Å². The van der Waals surface area contributed by atoms with Gasteiger partial charge >= 0.3 is 12.0 Å². The Labute approximate surface area is 176 Å². The first-order valence-corrected chi connectivity index (χ1v) is 9.10. The number of carbonyl (C=O) groups is 3. The zero-order valence-electron chi connectivity index (χ0n) is 16.7. The number of carbonyl (C=O) groups excluding carboxylic acids is 3. The molecule has 31 heavy (non-hydrogen) atoms. The Bertz CT molecular complexity index is 1130. The van der Waals surface area contributed by atoms with Crippen molar-refractivity contribution in [1.29, 1.82) is 0 Å². The molecule has 160 valence electrons. The molecule has 0 aliphatic carbocycles. The monoisotopic (exact) mass is 426 g/mol. The van der Waals surface area contributed by atoms with Crippen LogP contribution in [0.1, 0.15) is 17.3 Å². The van der Waals surface area contributed by atoms with Crippen LogP contribution in [0.4, 0.5) is 9.18 Å². The van der Waals surface area contributed by atoms with Gasteiger partial charge in [-0.2, -0.15) is 5.10 Å². The van der Waals surface area contributed by atoms with E-state index in [1.165, 1.54) is 49.2 Å². The van der Waals surface area contributed by atoms with E-state index < -0.39 is 29.8 Å². The number of primary amides is 1. The van der Waals surface area contributed by atoms with Crippen LogP contribution in [-0.4, -0.2) is 40.9 Å². The second-order valence-corrected chi connectivity index (χ2v) is 6.45. The minimum atomic E-state index is -1.28. The fraction of sp³-hybridized carbons (Fsp3) is 0.143. The summed E-state index contributed by atoms with van der Waals surface area (Å²) in [5.41, 5.74) is 6.29. The Kier molecular flexibility index (Phi) is 6.29. The van der Waals surface area contributed by atoms with Gasteiger partial charge in [0.05, 0.1) is 12.8 Å². The van der Waals surface area contributed by atoms with Gasteiger partial charge < -0.3 is 15.2 Å². The first kappa shape index (κ1) is 21.5. The van der Waals surface area contributed by atoms with Crippen LogP contribution in [0.25, 0.3) is 16.9 Å². The van der Waals surface area contributed by atoms with Crippen LogP contribution in [0.2, 0.25) is 0 Å². The highest BCUT2D eigenvalue weighted by Gasteiger charge is 2.25. The van der Waals surface area contributed by atoms with Gasteiger partial charge in [-0.15, -0.1) is 0 Å². The number of rotatable bonds is 6. The van der Waals surface area contributed by atoms with Gasteiger partial charge in [-0.3, -0.25) is 10.1 Å². The maximum Gasteiger partial charge on any atom is 0.342 e. The van der Waals surface area contributed by atoms with Crippen LogP contribution in [0.15, 0.2) is 54.7 Å². The predicted molar refractivity (Wildman–Crippen MR) is 108 cm³/mol. The minimum absolute atomic E-state index is 0.0521. The molecule has 3 rings (SSSR count). The van der Waals surface area contributed by atoms with E-state index in [0.29, 0.717) is 17.0 Å². The summed E-state index contributed by atoms with van der Waals surface area (Å²) in [6.45, 7) is 1.30. The number of hydrogen-bond acceptors (Lipinski definition) is 6. The maximum absolute atomic E-state index is 13.3. The van der Waals surface area contributed by atoms with E-state index in [2.05, 4.69) is 5.10 Å². The molecular formula is C21H19FN4O5. The molecule has 0 bridgehead atoms. The van der Waals surface area contributed by atoms with E-state index in [1.807, 2.05) is 5.32 Å². The number of halogens is 1. The molecule has 3 amide bonds. The molecule has 10 heteroatoms. The van der Waals surface area contributed by atoms with E-state index >= 15 is 0 Å². The highest BCUT2D eigenvalue weighted by atomic mass is 19.1. The maximum atomic E-state index is 13.3. The van der Waals surface area contributed by atoms with Crippen molar-refractivity contribution < 1.29 is 28.2 Å². The number of aromatic nitrogens is 2. The standard InChI is InChI=1S/C21H19FN4O5/c1-12(19(27)24-21(23)29)31-20(28)17-11-26(15-8-6-14(22)7-9-15)25-18(17)13-4-3-5-16(10-13)30-2/h3-12H,1-2H3,(H3,23,24,27,29)/t12-/m0/s1. The third kappa shape index (κ3) is 5.04. The summed E-state index contributed by atoms with van der Waals surface area (Å²) < 4.78 is 25.1. The molecule has 0 aliphatic rings. The molecule has 0 spiro atoms. The zero-order valence-corrected chi connectivity index (χ0v) is 16.7. The summed E-state index contributed by atoms with van der Waals surface area (Å²) in [6.07, 6.45) is 0.121. The minimum Gasteiger partial charge on any atom is -0.497 e. The number of amides is 3. The molecule has 1 aromatic heterocycles.